The lowest BCUT2D eigenvalue weighted by molar-refractivity contribution is -0.384. The van der Waals surface area contributed by atoms with E-state index in [1.165, 1.54) is 23.5 Å². The zero-order valence-corrected chi connectivity index (χ0v) is 15.6. The van der Waals surface area contributed by atoms with Gasteiger partial charge >= 0.3 is 5.63 Å². The van der Waals surface area contributed by atoms with E-state index in [2.05, 4.69) is 4.98 Å². The fourth-order valence-electron chi connectivity index (χ4n) is 2.99. The van der Waals surface area contributed by atoms with Crippen molar-refractivity contribution in [2.24, 2.45) is 0 Å². The van der Waals surface area contributed by atoms with Crippen molar-refractivity contribution in [3.63, 3.8) is 0 Å². The summed E-state index contributed by atoms with van der Waals surface area (Å²) in [4.78, 5) is 27.1. The highest BCUT2D eigenvalue weighted by molar-refractivity contribution is 7.11. The number of aryl methyl sites for hydroxylation is 1. The van der Waals surface area contributed by atoms with Crippen molar-refractivity contribution >= 4 is 28.0 Å². The first-order valence-electron chi connectivity index (χ1n) is 8.38. The first kappa shape index (κ1) is 17.9. The summed E-state index contributed by atoms with van der Waals surface area (Å²) in [6.07, 6.45) is 1.90. The minimum atomic E-state index is -0.470. The van der Waals surface area contributed by atoms with Gasteiger partial charge in [0.15, 0.2) is 0 Å². The van der Waals surface area contributed by atoms with Crippen LogP contribution in [0.2, 0.25) is 0 Å². The van der Waals surface area contributed by atoms with Crippen molar-refractivity contribution < 1.29 is 14.1 Å². The maximum atomic E-state index is 12.6. The molecule has 0 bridgehead atoms. The van der Waals surface area contributed by atoms with E-state index >= 15 is 0 Å². The van der Waals surface area contributed by atoms with Crippen LogP contribution in [0.5, 0.6) is 10.9 Å². The molecule has 0 N–H and O–H groups in total. The monoisotopic (exact) mass is 394 g/mol. The van der Waals surface area contributed by atoms with Crippen LogP contribution in [-0.4, -0.2) is 9.91 Å². The standard InChI is InChI=1S/C20H14N2O5S/c1-12-16-6-5-15(26-20-21-7-8-28-20)11-18(16)27-19(23)17(12)10-13-3-2-4-14(9-13)22(24)25/h2-9,11H,10H2,1H3. The molecule has 140 valence electrons. The lowest BCUT2D eigenvalue weighted by Gasteiger charge is -2.09. The Morgan fingerprint density at radius 2 is 2.11 bits per heavy atom. The Bertz CT molecular complexity index is 1230. The Morgan fingerprint density at radius 3 is 2.86 bits per heavy atom. The maximum Gasteiger partial charge on any atom is 0.340 e. The Labute approximate surface area is 163 Å². The van der Waals surface area contributed by atoms with Crippen molar-refractivity contribution in [1.82, 2.24) is 4.98 Å². The Balaban J connectivity index is 1.71. The highest BCUT2D eigenvalue weighted by Gasteiger charge is 2.15. The molecule has 0 spiro atoms. The van der Waals surface area contributed by atoms with E-state index in [1.54, 1.807) is 35.8 Å². The summed E-state index contributed by atoms with van der Waals surface area (Å²) in [6.45, 7) is 1.84. The minimum absolute atomic E-state index is 0.00990. The summed E-state index contributed by atoms with van der Waals surface area (Å²) in [5.74, 6) is 0.524. The number of non-ortho nitro benzene ring substituents is 1. The van der Waals surface area contributed by atoms with Gasteiger partial charge in [-0.25, -0.2) is 9.78 Å². The van der Waals surface area contributed by atoms with Crippen LogP contribution in [0, 0.1) is 17.0 Å². The highest BCUT2D eigenvalue weighted by atomic mass is 32.1. The third kappa shape index (κ3) is 3.49. The quantitative estimate of drug-likeness (QED) is 0.273. The lowest BCUT2D eigenvalue weighted by Crippen LogP contribution is -2.11. The van der Waals surface area contributed by atoms with Crippen LogP contribution in [-0.2, 0) is 6.42 Å². The predicted molar refractivity (Wildman–Crippen MR) is 105 cm³/mol. The number of nitro groups is 1. The molecule has 0 unspecified atom stereocenters. The van der Waals surface area contributed by atoms with Crippen molar-refractivity contribution in [3.8, 4) is 10.9 Å². The molecule has 28 heavy (non-hydrogen) atoms. The summed E-state index contributed by atoms with van der Waals surface area (Å²) in [6, 6.07) is 11.5. The summed E-state index contributed by atoms with van der Waals surface area (Å²) in [5, 5.41) is 14.1. The molecule has 4 rings (SSSR count). The summed E-state index contributed by atoms with van der Waals surface area (Å²) < 4.78 is 11.1. The molecule has 0 aliphatic heterocycles. The number of nitrogens with zero attached hydrogens (tertiary/aromatic N) is 2. The Hall–Kier alpha value is -3.52. The molecular weight excluding hydrogens is 380 g/mol. The number of thiazole rings is 1. The third-order valence-electron chi connectivity index (χ3n) is 4.38. The van der Waals surface area contributed by atoms with Gasteiger partial charge in [-0.05, 0) is 30.2 Å². The van der Waals surface area contributed by atoms with Crippen LogP contribution >= 0.6 is 11.3 Å². The van der Waals surface area contributed by atoms with Gasteiger partial charge < -0.3 is 9.15 Å². The molecule has 0 amide bonds. The van der Waals surface area contributed by atoms with Crippen LogP contribution in [0.15, 0.2) is 63.3 Å². The number of hydrogen-bond donors (Lipinski definition) is 0. The molecule has 2 aromatic heterocycles. The van der Waals surface area contributed by atoms with Gasteiger partial charge in [0.05, 0.1) is 4.92 Å². The summed E-state index contributed by atoms with van der Waals surface area (Å²) >= 11 is 1.36. The van der Waals surface area contributed by atoms with E-state index in [-0.39, 0.29) is 12.1 Å². The van der Waals surface area contributed by atoms with Crippen LogP contribution in [0.25, 0.3) is 11.0 Å². The topological polar surface area (TPSA) is 95.5 Å². The lowest BCUT2D eigenvalue weighted by atomic mass is 9.99. The van der Waals surface area contributed by atoms with Gasteiger partial charge in [-0.2, -0.15) is 0 Å². The largest absolute Gasteiger partial charge is 0.431 e. The maximum absolute atomic E-state index is 12.6. The first-order valence-corrected chi connectivity index (χ1v) is 9.26. The molecule has 4 aromatic rings. The number of nitro benzene ring substituents is 1. The van der Waals surface area contributed by atoms with E-state index in [4.69, 9.17) is 9.15 Å². The van der Waals surface area contributed by atoms with Gasteiger partial charge in [0.25, 0.3) is 10.9 Å². The molecule has 2 heterocycles. The van der Waals surface area contributed by atoms with Gasteiger partial charge in [-0.1, -0.05) is 23.5 Å². The number of aromatic nitrogens is 1. The molecule has 0 fully saturated rings. The average molecular weight is 394 g/mol. The molecule has 2 aromatic carbocycles. The second kappa shape index (κ2) is 7.24. The number of hydrogen-bond acceptors (Lipinski definition) is 7. The minimum Gasteiger partial charge on any atom is -0.431 e. The molecule has 0 atom stereocenters. The SMILES string of the molecule is Cc1c(Cc2cccc([N+](=O)[O-])c2)c(=O)oc2cc(Oc3nccs3)ccc12. The van der Waals surface area contributed by atoms with Crippen molar-refractivity contribution in [1.29, 1.82) is 0 Å². The van der Waals surface area contributed by atoms with E-state index in [0.29, 0.717) is 27.7 Å². The zero-order valence-electron chi connectivity index (χ0n) is 14.7. The number of ether oxygens (including phenoxy) is 1. The zero-order chi connectivity index (χ0) is 19.7. The van der Waals surface area contributed by atoms with Crippen LogP contribution in [0.4, 0.5) is 5.69 Å². The van der Waals surface area contributed by atoms with Crippen molar-refractivity contribution in [2.75, 3.05) is 0 Å². The smallest absolute Gasteiger partial charge is 0.340 e. The first-order chi connectivity index (χ1) is 13.5. The predicted octanol–water partition coefficient (Wildman–Crippen LogP) is 4.85. The molecule has 0 saturated carbocycles. The van der Waals surface area contributed by atoms with E-state index in [9.17, 15) is 14.9 Å². The molecule has 7 nitrogen and oxygen atoms in total. The third-order valence-corrected chi connectivity index (χ3v) is 5.02. The van der Waals surface area contributed by atoms with Gasteiger partial charge in [-0.15, -0.1) is 0 Å². The second-order valence-electron chi connectivity index (χ2n) is 6.15. The van der Waals surface area contributed by atoms with Crippen molar-refractivity contribution in [2.45, 2.75) is 13.3 Å². The molecule has 8 heteroatoms. The Kier molecular flexibility index (Phi) is 4.62. The van der Waals surface area contributed by atoms with E-state index < -0.39 is 10.5 Å². The fraction of sp³-hybridized carbons (Fsp3) is 0.100. The average Bonchev–Trinajstić information content (AvgIpc) is 3.18. The van der Waals surface area contributed by atoms with Crippen LogP contribution < -0.4 is 10.4 Å². The van der Waals surface area contributed by atoms with Gasteiger partial charge in [0, 0.05) is 47.1 Å². The van der Waals surface area contributed by atoms with E-state index in [0.717, 1.165) is 10.9 Å². The molecular formula is C20H14N2O5S. The second-order valence-corrected chi connectivity index (χ2v) is 7.01. The number of benzene rings is 2. The van der Waals surface area contributed by atoms with E-state index in [1.807, 2.05) is 13.0 Å². The summed E-state index contributed by atoms with van der Waals surface area (Å²) in [7, 11) is 0. The normalized spacial score (nSPS) is 10.9. The van der Waals surface area contributed by atoms with Crippen LogP contribution in [0.3, 0.4) is 0 Å². The van der Waals surface area contributed by atoms with Gasteiger partial charge in [-0.3, -0.25) is 10.1 Å². The highest BCUT2D eigenvalue weighted by Crippen LogP contribution is 2.29. The molecule has 0 aliphatic carbocycles. The molecule has 0 saturated heterocycles. The fourth-order valence-corrected chi connectivity index (χ4v) is 3.49. The van der Waals surface area contributed by atoms with Gasteiger partial charge in [0.1, 0.15) is 11.3 Å². The Morgan fingerprint density at radius 1 is 1.25 bits per heavy atom. The summed E-state index contributed by atoms with van der Waals surface area (Å²) in [5.41, 5.74) is 1.86. The number of rotatable bonds is 5. The molecule has 0 radical (unpaired) electrons. The number of fused-ring (bicyclic) bond motifs is 1. The molecule has 0 aliphatic rings. The van der Waals surface area contributed by atoms with Crippen LogP contribution in [0.1, 0.15) is 16.7 Å². The van der Waals surface area contributed by atoms with Crippen molar-refractivity contribution in [3.05, 3.63) is 91.3 Å². The van der Waals surface area contributed by atoms with Gasteiger partial charge in [0.2, 0.25) is 0 Å².